The van der Waals surface area contributed by atoms with Crippen LogP contribution in [0.4, 0.5) is 0 Å². The van der Waals surface area contributed by atoms with Gasteiger partial charge in [0.15, 0.2) is 0 Å². The molecule has 0 atom stereocenters. The number of aryl methyl sites for hydroxylation is 1. The molecule has 3 aromatic rings. The van der Waals surface area contributed by atoms with Crippen LogP contribution in [0.5, 0.6) is 0 Å². The fraction of sp³-hybridized carbons (Fsp3) is 0.118. The predicted octanol–water partition coefficient (Wildman–Crippen LogP) is 3.80. The third-order valence-electron chi connectivity index (χ3n) is 3.53. The summed E-state index contributed by atoms with van der Waals surface area (Å²) in [5.41, 5.74) is 4.80. The number of aromatic nitrogens is 2. The molecule has 0 saturated heterocycles. The van der Waals surface area contributed by atoms with Crippen LogP contribution in [-0.2, 0) is 11.3 Å². The van der Waals surface area contributed by atoms with Crippen molar-refractivity contribution in [1.29, 1.82) is 0 Å². The van der Waals surface area contributed by atoms with Crippen LogP contribution in [0, 0.1) is 6.92 Å². The average molecular weight is 361 g/mol. The number of amides is 1. The van der Waals surface area contributed by atoms with Crippen LogP contribution in [0.2, 0.25) is 10.0 Å². The summed E-state index contributed by atoms with van der Waals surface area (Å²) in [6, 6.07) is 12.8. The maximum Gasteiger partial charge on any atom is 0.260 e. The molecule has 7 heteroatoms. The maximum atomic E-state index is 12.1. The number of rotatable bonds is 4. The second kappa shape index (κ2) is 7.03. The summed E-state index contributed by atoms with van der Waals surface area (Å²) in [4.78, 5) is 16.6. The molecule has 0 radical (unpaired) electrons. The summed E-state index contributed by atoms with van der Waals surface area (Å²) in [7, 11) is 0. The Morgan fingerprint density at radius 1 is 1.21 bits per heavy atom. The summed E-state index contributed by atoms with van der Waals surface area (Å²) < 4.78 is 1.84. The van der Waals surface area contributed by atoms with Gasteiger partial charge in [-0.1, -0.05) is 41.4 Å². The highest BCUT2D eigenvalue weighted by Gasteiger charge is 2.10. The Morgan fingerprint density at radius 2 is 1.92 bits per heavy atom. The van der Waals surface area contributed by atoms with Crippen molar-refractivity contribution < 1.29 is 4.79 Å². The van der Waals surface area contributed by atoms with E-state index < -0.39 is 0 Å². The summed E-state index contributed by atoms with van der Waals surface area (Å²) in [6.45, 7) is 1.99. The summed E-state index contributed by atoms with van der Waals surface area (Å²) in [5, 5.41) is 4.87. The summed E-state index contributed by atoms with van der Waals surface area (Å²) in [6.07, 6.45) is 1.43. The van der Waals surface area contributed by atoms with Crippen molar-refractivity contribution in [2.24, 2.45) is 5.10 Å². The molecule has 1 N–H and O–H groups in total. The zero-order chi connectivity index (χ0) is 17.1. The van der Waals surface area contributed by atoms with Gasteiger partial charge in [-0.2, -0.15) is 5.10 Å². The first kappa shape index (κ1) is 16.5. The van der Waals surface area contributed by atoms with E-state index >= 15 is 0 Å². The molecule has 0 aliphatic carbocycles. The highest BCUT2D eigenvalue weighted by molar-refractivity contribution is 6.38. The second-order valence-corrected chi connectivity index (χ2v) is 5.98. The molecule has 1 aromatic heterocycles. The zero-order valence-corrected chi connectivity index (χ0v) is 14.3. The largest absolute Gasteiger partial charge is 0.319 e. The minimum atomic E-state index is -0.263. The number of carbonyl (C=O) groups excluding carboxylic acids is 1. The van der Waals surface area contributed by atoms with Crippen LogP contribution < -0.4 is 5.43 Å². The molecule has 2 aromatic carbocycles. The van der Waals surface area contributed by atoms with E-state index in [2.05, 4.69) is 15.5 Å². The van der Waals surface area contributed by atoms with E-state index in [1.165, 1.54) is 6.21 Å². The van der Waals surface area contributed by atoms with Gasteiger partial charge in [0.05, 0.1) is 27.3 Å². The number of imidazole rings is 1. The lowest BCUT2D eigenvalue weighted by atomic mass is 10.2. The number of para-hydroxylation sites is 2. The number of fused-ring (bicyclic) bond motifs is 1. The number of benzene rings is 2. The summed E-state index contributed by atoms with van der Waals surface area (Å²) >= 11 is 12.1. The van der Waals surface area contributed by atoms with Crippen molar-refractivity contribution in [2.75, 3.05) is 0 Å². The van der Waals surface area contributed by atoms with Gasteiger partial charge in [-0.25, -0.2) is 10.4 Å². The second-order valence-electron chi connectivity index (χ2n) is 5.16. The topological polar surface area (TPSA) is 59.3 Å². The van der Waals surface area contributed by atoms with E-state index in [-0.39, 0.29) is 12.5 Å². The van der Waals surface area contributed by atoms with Crippen LogP contribution in [0.3, 0.4) is 0 Å². The number of carbonyl (C=O) groups is 1. The molecule has 122 valence electrons. The third kappa shape index (κ3) is 3.42. The summed E-state index contributed by atoms with van der Waals surface area (Å²) in [5.74, 6) is 0.505. The molecule has 0 aliphatic heterocycles. The van der Waals surface area contributed by atoms with Gasteiger partial charge in [-0.15, -0.1) is 0 Å². The van der Waals surface area contributed by atoms with Crippen molar-refractivity contribution >= 4 is 46.4 Å². The van der Waals surface area contributed by atoms with E-state index in [4.69, 9.17) is 23.2 Å². The molecule has 0 saturated carbocycles. The minimum absolute atomic E-state index is 0.125. The molecule has 0 bridgehead atoms. The Kier molecular flexibility index (Phi) is 4.83. The number of hydrogen-bond acceptors (Lipinski definition) is 3. The van der Waals surface area contributed by atoms with Crippen molar-refractivity contribution in [2.45, 2.75) is 13.5 Å². The Morgan fingerprint density at radius 3 is 2.67 bits per heavy atom. The van der Waals surface area contributed by atoms with E-state index in [0.717, 1.165) is 16.9 Å². The zero-order valence-electron chi connectivity index (χ0n) is 12.8. The van der Waals surface area contributed by atoms with Crippen molar-refractivity contribution in [1.82, 2.24) is 15.0 Å². The smallest absolute Gasteiger partial charge is 0.260 e. The van der Waals surface area contributed by atoms with Crippen LogP contribution in [-0.4, -0.2) is 21.7 Å². The monoisotopic (exact) mass is 360 g/mol. The van der Waals surface area contributed by atoms with Crippen molar-refractivity contribution in [3.05, 3.63) is 63.9 Å². The maximum absolute atomic E-state index is 12.1. The van der Waals surface area contributed by atoms with Crippen LogP contribution in [0.25, 0.3) is 11.0 Å². The molecule has 24 heavy (non-hydrogen) atoms. The predicted molar refractivity (Wildman–Crippen MR) is 96.7 cm³/mol. The first-order valence-corrected chi connectivity index (χ1v) is 7.99. The highest BCUT2D eigenvalue weighted by atomic mass is 35.5. The number of nitrogens with zero attached hydrogens (tertiary/aromatic N) is 3. The number of hydrogen-bond donors (Lipinski definition) is 1. The minimum Gasteiger partial charge on any atom is -0.319 e. The van der Waals surface area contributed by atoms with Crippen molar-refractivity contribution in [3.63, 3.8) is 0 Å². The van der Waals surface area contributed by atoms with Gasteiger partial charge in [-0.3, -0.25) is 4.79 Å². The SMILES string of the molecule is Cc1nc2ccccc2n1CC(=O)N/N=C/c1c(Cl)cccc1Cl. The molecular formula is C17H14Cl2N4O. The molecule has 1 amide bonds. The van der Waals surface area contributed by atoms with E-state index in [1.807, 2.05) is 35.8 Å². The van der Waals surface area contributed by atoms with Crippen LogP contribution in [0.1, 0.15) is 11.4 Å². The van der Waals surface area contributed by atoms with Gasteiger partial charge < -0.3 is 4.57 Å². The molecule has 0 fully saturated rings. The van der Waals surface area contributed by atoms with Gasteiger partial charge in [0, 0.05) is 5.56 Å². The molecule has 1 heterocycles. The normalized spacial score (nSPS) is 11.3. The first-order chi connectivity index (χ1) is 11.6. The fourth-order valence-electron chi connectivity index (χ4n) is 2.38. The van der Waals surface area contributed by atoms with Gasteiger partial charge >= 0.3 is 0 Å². The fourth-order valence-corrected chi connectivity index (χ4v) is 2.87. The Balaban J connectivity index is 1.72. The lowest BCUT2D eigenvalue weighted by Crippen LogP contribution is -2.23. The molecule has 0 aliphatic rings. The van der Waals surface area contributed by atoms with Crippen LogP contribution >= 0.6 is 23.2 Å². The van der Waals surface area contributed by atoms with E-state index in [9.17, 15) is 4.79 Å². The van der Waals surface area contributed by atoms with Gasteiger partial charge in [0.1, 0.15) is 12.4 Å². The number of hydrazone groups is 1. The molecule has 5 nitrogen and oxygen atoms in total. The highest BCUT2D eigenvalue weighted by Crippen LogP contribution is 2.22. The van der Waals surface area contributed by atoms with E-state index in [1.54, 1.807) is 18.2 Å². The van der Waals surface area contributed by atoms with Gasteiger partial charge in [-0.05, 0) is 31.2 Å². The molecule has 3 rings (SSSR count). The van der Waals surface area contributed by atoms with Crippen molar-refractivity contribution in [3.8, 4) is 0 Å². The van der Waals surface area contributed by atoms with Crippen LogP contribution in [0.15, 0.2) is 47.6 Å². The van der Waals surface area contributed by atoms with Gasteiger partial charge in [0.25, 0.3) is 5.91 Å². The third-order valence-corrected chi connectivity index (χ3v) is 4.19. The Hall–Kier alpha value is -2.37. The molecule has 0 unspecified atom stereocenters. The lowest BCUT2D eigenvalue weighted by molar-refractivity contribution is -0.121. The number of nitrogens with one attached hydrogen (secondary N) is 1. The Labute approximate surface area is 148 Å². The number of halogens is 2. The lowest BCUT2D eigenvalue weighted by Gasteiger charge is -2.05. The van der Waals surface area contributed by atoms with Gasteiger partial charge in [0.2, 0.25) is 0 Å². The average Bonchev–Trinajstić information content (AvgIpc) is 2.86. The molecule has 0 spiro atoms. The Bertz CT molecular complexity index is 913. The quantitative estimate of drug-likeness (QED) is 0.568. The first-order valence-electron chi connectivity index (χ1n) is 7.24. The molecular weight excluding hydrogens is 347 g/mol. The standard InChI is InChI=1S/C17H14Cl2N4O/c1-11-21-15-7-2-3-8-16(15)23(11)10-17(24)22-20-9-12-13(18)5-4-6-14(12)19/h2-9H,10H2,1H3,(H,22,24)/b20-9+. The van der Waals surface area contributed by atoms with E-state index in [0.29, 0.717) is 15.6 Å².